The maximum atomic E-state index is 8.22. The van der Waals surface area contributed by atoms with Gasteiger partial charge >= 0.3 is 0 Å². The minimum Gasteiger partial charge on any atom is -0.398 e. The summed E-state index contributed by atoms with van der Waals surface area (Å²) in [5.74, 6) is 0. The molecule has 4 rings (SSSR count). The third-order valence-corrected chi connectivity index (χ3v) is 4.70. The predicted molar refractivity (Wildman–Crippen MR) is 115 cm³/mol. The van der Waals surface area contributed by atoms with Gasteiger partial charge in [0.25, 0.3) is 0 Å². The molecule has 27 heavy (non-hydrogen) atoms. The highest BCUT2D eigenvalue weighted by Crippen LogP contribution is 2.29. The molecule has 130 valence electrons. The molecule has 2 nitrogen and oxygen atoms in total. The van der Waals surface area contributed by atoms with Gasteiger partial charge in [0.2, 0.25) is 0 Å². The molecule has 0 aromatic heterocycles. The maximum absolute atomic E-state index is 8.22. The summed E-state index contributed by atoms with van der Waals surface area (Å²) in [6.07, 6.45) is 1.71. The van der Waals surface area contributed by atoms with Gasteiger partial charge in [0.05, 0.1) is 5.71 Å². The van der Waals surface area contributed by atoms with E-state index in [2.05, 4.69) is 54.6 Å². The monoisotopic (exact) mass is 348 g/mol. The first kappa shape index (κ1) is 16.8. The Bertz CT molecular complexity index is 1120. The van der Waals surface area contributed by atoms with Crippen molar-refractivity contribution in [3.63, 3.8) is 0 Å². The number of rotatable bonds is 4. The summed E-state index contributed by atoms with van der Waals surface area (Å²) in [6.45, 7) is 0. The van der Waals surface area contributed by atoms with Gasteiger partial charge in [-0.3, -0.25) is 0 Å². The van der Waals surface area contributed by atoms with E-state index in [1.54, 1.807) is 6.08 Å². The highest BCUT2D eigenvalue weighted by Gasteiger charge is 2.05. The molecule has 0 bridgehead atoms. The van der Waals surface area contributed by atoms with E-state index in [-0.39, 0.29) is 0 Å². The summed E-state index contributed by atoms with van der Waals surface area (Å²) in [7, 11) is 0. The summed E-state index contributed by atoms with van der Waals surface area (Å²) in [4.78, 5) is 0. The number of fused-ring (bicyclic) bond motifs is 1. The van der Waals surface area contributed by atoms with E-state index in [4.69, 9.17) is 11.1 Å². The Hall–Kier alpha value is -3.65. The van der Waals surface area contributed by atoms with Gasteiger partial charge in [0, 0.05) is 5.70 Å². The Kier molecular flexibility index (Phi) is 4.54. The molecule has 3 N–H and O–H groups in total. The van der Waals surface area contributed by atoms with Crippen LogP contribution in [0.25, 0.3) is 27.6 Å². The summed E-state index contributed by atoms with van der Waals surface area (Å²) >= 11 is 0. The Balaban J connectivity index is 1.64. The number of allylic oxidation sites excluding steroid dienone is 1. The highest BCUT2D eigenvalue weighted by atomic mass is 14.6. The minimum absolute atomic E-state index is 0.409. The fourth-order valence-electron chi connectivity index (χ4n) is 3.26. The van der Waals surface area contributed by atoms with Crippen LogP contribution in [0.5, 0.6) is 0 Å². The van der Waals surface area contributed by atoms with Crippen molar-refractivity contribution in [3.8, 4) is 11.1 Å². The lowest BCUT2D eigenvalue weighted by atomic mass is 9.97. The molecule has 0 atom stereocenters. The van der Waals surface area contributed by atoms with Crippen LogP contribution < -0.4 is 5.73 Å². The Morgan fingerprint density at radius 2 is 1.33 bits per heavy atom. The van der Waals surface area contributed by atoms with Gasteiger partial charge in [-0.15, -0.1) is 0 Å². The van der Waals surface area contributed by atoms with Gasteiger partial charge in [-0.2, -0.15) is 0 Å². The van der Waals surface area contributed by atoms with Crippen LogP contribution in [0.3, 0.4) is 0 Å². The van der Waals surface area contributed by atoms with Crippen molar-refractivity contribution in [2.75, 3.05) is 0 Å². The quantitative estimate of drug-likeness (QED) is 0.445. The van der Waals surface area contributed by atoms with Crippen LogP contribution in [-0.4, -0.2) is 5.71 Å². The lowest BCUT2D eigenvalue weighted by Gasteiger charge is -2.09. The molecule has 4 aromatic rings. The molecular weight excluding hydrogens is 328 g/mol. The van der Waals surface area contributed by atoms with Crippen LogP contribution in [0.1, 0.15) is 11.1 Å². The van der Waals surface area contributed by atoms with Crippen molar-refractivity contribution < 1.29 is 0 Å². The molecule has 0 fully saturated rings. The van der Waals surface area contributed by atoms with Crippen molar-refractivity contribution in [3.05, 3.63) is 114 Å². The first-order valence-corrected chi connectivity index (χ1v) is 8.92. The van der Waals surface area contributed by atoms with E-state index >= 15 is 0 Å². The fourth-order valence-corrected chi connectivity index (χ4v) is 3.26. The topological polar surface area (TPSA) is 49.9 Å². The van der Waals surface area contributed by atoms with Crippen LogP contribution in [0, 0.1) is 5.41 Å². The zero-order valence-electron chi connectivity index (χ0n) is 14.9. The fraction of sp³-hybridized carbons (Fsp3) is 0. The molecular formula is C25H20N2. The van der Waals surface area contributed by atoms with Crippen molar-refractivity contribution >= 4 is 22.2 Å². The first-order valence-electron chi connectivity index (χ1n) is 8.92. The van der Waals surface area contributed by atoms with Crippen molar-refractivity contribution in [1.82, 2.24) is 0 Å². The molecule has 0 aliphatic rings. The minimum atomic E-state index is 0.409. The summed E-state index contributed by atoms with van der Waals surface area (Å²) in [6, 6.07) is 32.6. The van der Waals surface area contributed by atoms with E-state index in [1.165, 1.54) is 16.3 Å². The molecule has 0 saturated carbocycles. The lowest BCUT2D eigenvalue weighted by Crippen LogP contribution is -2.02. The Morgan fingerprint density at radius 1 is 0.667 bits per heavy atom. The third kappa shape index (κ3) is 3.51. The van der Waals surface area contributed by atoms with Gasteiger partial charge in [0.15, 0.2) is 0 Å². The SMILES string of the molecule is N=C(C=C(N)c1ccc(-c2cccc3ccccc23)cc1)c1ccccc1. The zero-order valence-corrected chi connectivity index (χ0v) is 14.9. The molecule has 4 aromatic carbocycles. The van der Waals surface area contributed by atoms with Crippen LogP contribution in [0.4, 0.5) is 0 Å². The van der Waals surface area contributed by atoms with Crippen molar-refractivity contribution in [2.45, 2.75) is 0 Å². The van der Waals surface area contributed by atoms with Crippen LogP contribution in [0.2, 0.25) is 0 Å². The largest absolute Gasteiger partial charge is 0.398 e. The normalized spacial score (nSPS) is 11.5. The van der Waals surface area contributed by atoms with Crippen LogP contribution in [0.15, 0.2) is 103 Å². The molecule has 2 heteroatoms. The van der Waals surface area contributed by atoms with Gasteiger partial charge in [-0.1, -0.05) is 97.1 Å². The zero-order chi connectivity index (χ0) is 18.6. The number of benzene rings is 4. The smallest absolute Gasteiger partial charge is 0.0632 e. The molecule has 0 unspecified atom stereocenters. The van der Waals surface area contributed by atoms with Gasteiger partial charge in [0.1, 0.15) is 0 Å². The van der Waals surface area contributed by atoms with Gasteiger partial charge < -0.3 is 11.1 Å². The first-order chi connectivity index (χ1) is 13.2. The molecule has 0 aliphatic carbocycles. The number of hydrogen-bond acceptors (Lipinski definition) is 2. The Morgan fingerprint density at radius 3 is 2.11 bits per heavy atom. The average Bonchev–Trinajstić information content (AvgIpc) is 2.74. The second-order valence-electron chi connectivity index (χ2n) is 6.48. The van der Waals surface area contributed by atoms with Crippen molar-refractivity contribution in [2.24, 2.45) is 5.73 Å². The molecule has 0 aliphatic heterocycles. The summed E-state index contributed by atoms with van der Waals surface area (Å²) < 4.78 is 0. The number of hydrogen-bond donors (Lipinski definition) is 2. The summed E-state index contributed by atoms with van der Waals surface area (Å²) in [5, 5.41) is 10.7. The van der Waals surface area contributed by atoms with E-state index in [0.29, 0.717) is 11.4 Å². The molecule has 0 saturated heterocycles. The van der Waals surface area contributed by atoms with E-state index < -0.39 is 0 Å². The maximum Gasteiger partial charge on any atom is 0.0632 e. The van der Waals surface area contributed by atoms with Crippen LogP contribution in [-0.2, 0) is 0 Å². The molecule has 0 spiro atoms. The second kappa shape index (κ2) is 7.30. The lowest BCUT2D eigenvalue weighted by molar-refractivity contribution is 1.47. The second-order valence-corrected chi connectivity index (χ2v) is 6.48. The Labute approximate surface area is 159 Å². The van der Waals surface area contributed by atoms with E-state index in [1.807, 2.05) is 42.5 Å². The average molecular weight is 348 g/mol. The highest BCUT2D eigenvalue weighted by molar-refractivity contribution is 6.10. The third-order valence-electron chi connectivity index (χ3n) is 4.70. The van der Waals surface area contributed by atoms with Gasteiger partial charge in [-0.25, -0.2) is 0 Å². The molecule has 0 amide bonds. The molecule has 0 radical (unpaired) electrons. The number of nitrogens with one attached hydrogen (secondary N) is 1. The number of nitrogens with two attached hydrogens (primary N) is 1. The standard InChI is InChI=1S/C25H20N2/c26-24(20-8-2-1-3-9-20)17-25(27)21-15-13-19(14-16-21)23-12-6-10-18-7-4-5-11-22(18)23/h1-17,26H,27H2. The van der Waals surface area contributed by atoms with E-state index in [9.17, 15) is 0 Å². The predicted octanol–water partition coefficient (Wildman–Crippen LogP) is 5.87. The van der Waals surface area contributed by atoms with Gasteiger partial charge in [-0.05, 0) is 39.1 Å². The molecule has 0 heterocycles. The van der Waals surface area contributed by atoms with E-state index in [0.717, 1.165) is 16.7 Å². The van der Waals surface area contributed by atoms with Crippen molar-refractivity contribution in [1.29, 1.82) is 5.41 Å². The summed E-state index contributed by atoms with van der Waals surface area (Å²) in [5.41, 5.74) is 11.4. The van der Waals surface area contributed by atoms with Crippen LogP contribution >= 0.6 is 0 Å².